The number of nitro groups is 1. The summed E-state index contributed by atoms with van der Waals surface area (Å²) in [6.07, 6.45) is 0. The van der Waals surface area contributed by atoms with Gasteiger partial charge in [0, 0.05) is 19.7 Å². The largest absolute Gasteiger partial charge is 0.368 e. The molecule has 1 rings (SSSR count). The van der Waals surface area contributed by atoms with E-state index in [2.05, 4.69) is 0 Å². The van der Waals surface area contributed by atoms with Crippen LogP contribution in [0.2, 0.25) is 0 Å². The average Bonchev–Trinajstić information content (AvgIpc) is 2.27. The van der Waals surface area contributed by atoms with E-state index in [9.17, 15) is 10.1 Å². The van der Waals surface area contributed by atoms with Crippen molar-refractivity contribution in [3.8, 4) is 0 Å². The third kappa shape index (κ3) is 3.20. The van der Waals surface area contributed by atoms with Gasteiger partial charge in [-0.1, -0.05) is 26.0 Å². The third-order valence-corrected chi connectivity index (χ3v) is 3.01. The number of nitrogens with zero attached hydrogens (tertiary/aromatic N) is 2. The number of aryl methyl sites for hydroxylation is 1. The summed E-state index contributed by atoms with van der Waals surface area (Å²) in [5, 5.41) is 11.1. The highest BCUT2D eigenvalue weighted by Gasteiger charge is 2.24. The Hall–Kier alpha value is -1.62. The van der Waals surface area contributed by atoms with Crippen molar-refractivity contribution in [3.05, 3.63) is 33.9 Å². The van der Waals surface area contributed by atoms with Crippen molar-refractivity contribution in [2.45, 2.75) is 20.8 Å². The fourth-order valence-electron chi connectivity index (χ4n) is 2.07. The molecule has 0 saturated heterocycles. The van der Waals surface area contributed by atoms with Gasteiger partial charge in [-0.25, -0.2) is 0 Å². The van der Waals surface area contributed by atoms with E-state index >= 15 is 0 Å². The molecule has 100 valence electrons. The van der Waals surface area contributed by atoms with Gasteiger partial charge in [0.15, 0.2) is 0 Å². The van der Waals surface area contributed by atoms with E-state index in [1.54, 1.807) is 6.07 Å². The van der Waals surface area contributed by atoms with E-state index in [0.717, 1.165) is 5.56 Å². The Morgan fingerprint density at radius 2 is 2.06 bits per heavy atom. The van der Waals surface area contributed by atoms with Gasteiger partial charge in [-0.05, 0) is 24.4 Å². The summed E-state index contributed by atoms with van der Waals surface area (Å²) in [4.78, 5) is 12.6. The quantitative estimate of drug-likeness (QED) is 0.644. The molecule has 0 aliphatic heterocycles. The number of para-hydroxylation sites is 1. The van der Waals surface area contributed by atoms with Gasteiger partial charge in [0.25, 0.3) is 5.69 Å². The van der Waals surface area contributed by atoms with Gasteiger partial charge in [0.1, 0.15) is 5.69 Å². The number of nitro benzene ring substituents is 1. The van der Waals surface area contributed by atoms with E-state index in [4.69, 9.17) is 5.73 Å². The Morgan fingerprint density at radius 1 is 1.44 bits per heavy atom. The zero-order chi connectivity index (χ0) is 13.9. The van der Waals surface area contributed by atoms with E-state index in [1.165, 1.54) is 6.07 Å². The maximum Gasteiger partial charge on any atom is 0.292 e. The second-order valence-electron chi connectivity index (χ2n) is 5.42. The molecular weight excluding hydrogens is 230 g/mol. The van der Waals surface area contributed by atoms with E-state index in [-0.39, 0.29) is 16.0 Å². The molecule has 0 bridgehead atoms. The molecule has 0 spiro atoms. The van der Waals surface area contributed by atoms with Crippen LogP contribution < -0.4 is 10.6 Å². The van der Waals surface area contributed by atoms with Crippen molar-refractivity contribution in [2.24, 2.45) is 11.1 Å². The SMILES string of the molecule is Cc1cccc([N+](=O)[O-])c1N(C)CC(C)(C)CN. The van der Waals surface area contributed by atoms with Crippen LogP contribution in [0.4, 0.5) is 11.4 Å². The summed E-state index contributed by atoms with van der Waals surface area (Å²) < 4.78 is 0. The fraction of sp³-hybridized carbons (Fsp3) is 0.538. The number of anilines is 1. The molecule has 0 unspecified atom stereocenters. The predicted molar refractivity (Wildman–Crippen MR) is 73.9 cm³/mol. The third-order valence-electron chi connectivity index (χ3n) is 3.01. The Balaban J connectivity index is 3.12. The molecule has 2 N–H and O–H groups in total. The number of hydrogen-bond donors (Lipinski definition) is 1. The lowest BCUT2D eigenvalue weighted by atomic mass is 9.93. The first-order chi connectivity index (χ1) is 8.28. The van der Waals surface area contributed by atoms with Crippen LogP contribution in [0.5, 0.6) is 0 Å². The Morgan fingerprint density at radius 3 is 2.56 bits per heavy atom. The molecule has 5 heteroatoms. The van der Waals surface area contributed by atoms with Crippen molar-refractivity contribution in [3.63, 3.8) is 0 Å². The smallest absolute Gasteiger partial charge is 0.292 e. The van der Waals surface area contributed by atoms with Gasteiger partial charge >= 0.3 is 0 Å². The highest BCUT2D eigenvalue weighted by atomic mass is 16.6. The molecule has 0 atom stereocenters. The van der Waals surface area contributed by atoms with Crippen LogP contribution in [0.15, 0.2) is 18.2 Å². The molecule has 18 heavy (non-hydrogen) atoms. The molecule has 0 saturated carbocycles. The van der Waals surface area contributed by atoms with Crippen LogP contribution in [0.3, 0.4) is 0 Å². The number of hydrogen-bond acceptors (Lipinski definition) is 4. The van der Waals surface area contributed by atoms with Crippen molar-refractivity contribution >= 4 is 11.4 Å². The lowest BCUT2D eigenvalue weighted by Gasteiger charge is -2.31. The molecule has 0 aliphatic rings. The first-order valence-corrected chi connectivity index (χ1v) is 5.94. The summed E-state index contributed by atoms with van der Waals surface area (Å²) >= 11 is 0. The van der Waals surface area contributed by atoms with E-state index in [0.29, 0.717) is 18.8 Å². The molecule has 0 fully saturated rings. The van der Waals surface area contributed by atoms with Crippen LogP contribution in [0.25, 0.3) is 0 Å². The predicted octanol–water partition coefficient (Wildman–Crippen LogP) is 2.32. The zero-order valence-electron chi connectivity index (χ0n) is 11.4. The minimum absolute atomic E-state index is 0.0785. The van der Waals surface area contributed by atoms with Gasteiger partial charge in [-0.2, -0.15) is 0 Å². The van der Waals surface area contributed by atoms with E-state index < -0.39 is 0 Å². The maximum atomic E-state index is 11.1. The Bertz CT molecular complexity index is 444. The summed E-state index contributed by atoms with van der Waals surface area (Å²) in [6, 6.07) is 5.13. The Labute approximate surface area is 108 Å². The monoisotopic (exact) mass is 251 g/mol. The van der Waals surface area contributed by atoms with Crippen molar-refractivity contribution in [2.75, 3.05) is 25.0 Å². The van der Waals surface area contributed by atoms with Crippen molar-refractivity contribution in [1.82, 2.24) is 0 Å². The molecule has 1 aromatic carbocycles. The van der Waals surface area contributed by atoms with Gasteiger partial charge in [0.05, 0.1) is 4.92 Å². The second kappa shape index (κ2) is 5.35. The lowest BCUT2D eigenvalue weighted by molar-refractivity contribution is -0.384. The molecular formula is C13H21N3O2. The summed E-state index contributed by atoms with van der Waals surface area (Å²) in [6.45, 7) is 7.20. The standard InChI is InChI=1S/C13H21N3O2/c1-10-6-5-7-11(16(17)18)12(10)15(4)9-13(2,3)8-14/h5-7H,8-9,14H2,1-4H3. The first-order valence-electron chi connectivity index (χ1n) is 5.94. The van der Waals surface area contributed by atoms with Crippen molar-refractivity contribution in [1.29, 1.82) is 0 Å². The normalized spacial score (nSPS) is 11.4. The van der Waals surface area contributed by atoms with Gasteiger partial charge in [-0.3, -0.25) is 10.1 Å². The minimum Gasteiger partial charge on any atom is -0.368 e. The fourth-order valence-corrected chi connectivity index (χ4v) is 2.07. The molecule has 0 radical (unpaired) electrons. The highest BCUT2D eigenvalue weighted by Crippen LogP contribution is 2.32. The van der Waals surface area contributed by atoms with Crippen LogP contribution in [-0.4, -0.2) is 25.1 Å². The summed E-state index contributed by atoms with van der Waals surface area (Å²) in [5.74, 6) is 0. The highest BCUT2D eigenvalue weighted by molar-refractivity contribution is 5.67. The topological polar surface area (TPSA) is 72.4 Å². The maximum absolute atomic E-state index is 11.1. The number of rotatable bonds is 5. The van der Waals surface area contributed by atoms with Gasteiger partial charge < -0.3 is 10.6 Å². The van der Waals surface area contributed by atoms with E-state index in [1.807, 2.05) is 38.8 Å². The minimum atomic E-state index is -0.339. The molecule has 0 heterocycles. The lowest BCUT2D eigenvalue weighted by Crippen LogP contribution is -2.37. The average molecular weight is 251 g/mol. The zero-order valence-corrected chi connectivity index (χ0v) is 11.4. The molecule has 5 nitrogen and oxygen atoms in total. The second-order valence-corrected chi connectivity index (χ2v) is 5.42. The van der Waals surface area contributed by atoms with Crippen LogP contribution in [0.1, 0.15) is 19.4 Å². The summed E-state index contributed by atoms with van der Waals surface area (Å²) in [7, 11) is 1.87. The molecule has 0 aromatic heterocycles. The molecule has 1 aromatic rings. The van der Waals surface area contributed by atoms with Crippen LogP contribution in [-0.2, 0) is 0 Å². The summed E-state index contributed by atoms with van der Waals surface area (Å²) in [5.41, 5.74) is 7.35. The molecule has 0 aliphatic carbocycles. The van der Waals surface area contributed by atoms with Crippen molar-refractivity contribution < 1.29 is 4.92 Å². The number of benzene rings is 1. The van der Waals surface area contributed by atoms with Crippen LogP contribution >= 0.6 is 0 Å². The van der Waals surface area contributed by atoms with Gasteiger partial charge in [-0.15, -0.1) is 0 Å². The van der Waals surface area contributed by atoms with Crippen LogP contribution in [0, 0.1) is 22.5 Å². The number of nitrogens with two attached hydrogens (primary N) is 1. The first kappa shape index (κ1) is 14.4. The Kier molecular flexibility index (Phi) is 4.29. The molecule has 0 amide bonds. The van der Waals surface area contributed by atoms with Gasteiger partial charge in [0.2, 0.25) is 0 Å².